The summed E-state index contributed by atoms with van der Waals surface area (Å²) in [4.78, 5) is 0.429. The highest BCUT2D eigenvalue weighted by atomic mass is 32.2. The lowest BCUT2D eigenvalue weighted by molar-refractivity contribution is 0.268. The fourth-order valence-electron chi connectivity index (χ4n) is 4.06. The topological polar surface area (TPSA) is 83.5 Å². The van der Waals surface area contributed by atoms with E-state index in [1.165, 1.54) is 28.6 Å². The first-order valence-corrected chi connectivity index (χ1v) is 12.7. The summed E-state index contributed by atoms with van der Waals surface area (Å²) >= 11 is 0. The highest BCUT2D eigenvalue weighted by Gasteiger charge is 2.31. The lowest BCUT2D eigenvalue weighted by Gasteiger charge is -2.32. The summed E-state index contributed by atoms with van der Waals surface area (Å²) in [6, 6.07) is 9.55. The molecular weight excluding hydrogens is 408 g/mol. The van der Waals surface area contributed by atoms with E-state index in [2.05, 4.69) is 4.72 Å². The van der Waals surface area contributed by atoms with Gasteiger partial charge in [-0.3, -0.25) is 4.72 Å². The minimum atomic E-state index is -3.78. The number of rotatable bonds is 5. The summed E-state index contributed by atoms with van der Waals surface area (Å²) in [5, 5.41) is 0. The van der Waals surface area contributed by atoms with Crippen molar-refractivity contribution in [1.82, 2.24) is 4.31 Å². The molecule has 0 aromatic heterocycles. The molecule has 6 nitrogen and oxygen atoms in total. The van der Waals surface area contributed by atoms with Crippen LogP contribution in [-0.2, 0) is 20.0 Å². The van der Waals surface area contributed by atoms with Crippen LogP contribution in [0.5, 0.6) is 0 Å². The van der Waals surface area contributed by atoms with Gasteiger partial charge < -0.3 is 0 Å². The number of nitrogens with zero attached hydrogens (tertiary/aromatic N) is 1. The summed E-state index contributed by atoms with van der Waals surface area (Å²) in [5.41, 5.74) is 2.68. The van der Waals surface area contributed by atoms with Gasteiger partial charge in [0.25, 0.3) is 10.0 Å². The van der Waals surface area contributed by atoms with Gasteiger partial charge in [0.15, 0.2) is 0 Å². The minimum absolute atomic E-state index is 0.0283. The van der Waals surface area contributed by atoms with E-state index in [4.69, 9.17) is 0 Å². The van der Waals surface area contributed by atoms with Crippen LogP contribution in [-0.4, -0.2) is 33.7 Å². The fraction of sp³-hybridized carbons (Fsp3) is 0.429. The van der Waals surface area contributed by atoms with Crippen molar-refractivity contribution in [2.24, 2.45) is 0 Å². The fourth-order valence-corrected chi connectivity index (χ4v) is 7.27. The van der Waals surface area contributed by atoms with E-state index < -0.39 is 20.0 Å². The first-order valence-electron chi connectivity index (χ1n) is 9.75. The van der Waals surface area contributed by atoms with Gasteiger partial charge in [-0.25, -0.2) is 16.8 Å². The number of benzene rings is 2. The molecule has 0 bridgehead atoms. The molecule has 1 atom stereocenters. The van der Waals surface area contributed by atoms with Gasteiger partial charge in [0.1, 0.15) is 0 Å². The Morgan fingerprint density at radius 1 is 0.931 bits per heavy atom. The molecule has 0 unspecified atom stereocenters. The van der Waals surface area contributed by atoms with Gasteiger partial charge in [-0.1, -0.05) is 24.1 Å². The molecule has 1 N–H and O–H groups in total. The van der Waals surface area contributed by atoms with E-state index in [0.29, 0.717) is 23.4 Å². The van der Waals surface area contributed by atoms with Crippen LogP contribution >= 0.6 is 0 Å². The maximum Gasteiger partial charge on any atom is 0.262 e. The van der Waals surface area contributed by atoms with Crippen LogP contribution in [0.15, 0.2) is 46.2 Å². The monoisotopic (exact) mass is 436 g/mol. The van der Waals surface area contributed by atoms with Crippen LogP contribution in [0.3, 0.4) is 0 Å². The summed E-state index contributed by atoms with van der Waals surface area (Å²) < 4.78 is 55.7. The van der Waals surface area contributed by atoms with Gasteiger partial charge in [-0.05, 0) is 75.9 Å². The summed E-state index contributed by atoms with van der Waals surface area (Å²) in [7, 11) is -7.36. The number of nitrogens with one attached hydrogen (secondary N) is 1. The van der Waals surface area contributed by atoms with Crippen molar-refractivity contribution < 1.29 is 16.8 Å². The standard InChI is InChI=1S/C21H28N2O4S2/c1-15-13-16(2)21(17(3)14-15)28(24,25)22-19-8-10-20(11-9-19)29(26,27)23-12-6-5-7-18(23)4/h8-11,13-14,18,22H,5-7,12H2,1-4H3/t18-/m1/s1. The largest absolute Gasteiger partial charge is 0.280 e. The molecule has 0 saturated carbocycles. The van der Waals surface area contributed by atoms with Gasteiger partial charge in [0.05, 0.1) is 9.79 Å². The summed E-state index contributed by atoms with van der Waals surface area (Å²) in [6.07, 6.45) is 2.74. The minimum Gasteiger partial charge on any atom is -0.280 e. The Morgan fingerprint density at radius 2 is 1.52 bits per heavy atom. The van der Waals surface area contributed by atoms with E-state index in [1.807, 2.05) is 26.0 Å². The molecule has 2 aromatic rings. The molecule has 1 heterocycles. The van der Waals surface area contributed by atoms with E-state index in [9.17, 15) is 16.8 Å². The third-order valence-corrected chi connectivity index (χ3v) is 9.04. The second-order valence-electron chi connectivity index (χ2n) is 7.82. The molecule has 0 amide bonds. The Balaban J connectivity index is 1.86. The van der Waals surface area contributed by atoms with Crippen molar-refractivity contribution >= 4 is 25.7 Å². The predicted octanol–water partition coefficient (Wildman–Crippen LogP) is 3.98. The number of hydrogen-bond donors (Lipinski definition) is 1. The molecule has 158 valence electrons. The Bertz CT molecular complexity index is 1080. The van der Waals surface area contributed by atoms with Crippen molar-refractivity contribution in [3.63, 3.8) is 0 Å². The highest BCUT2D eigenvalue weighted by Crippen LogP contribution is 2.28. The zero-order valence-corrected chi connectivity index (χ0v) is 18.9. The first-order chi connectivity index (χ1) is 13.5. The van der Waals surface area contributed by atoms with Crippen LogP contribution in [0.4, 0.5) is 5.69 Å². The van der Waals surface area contributed by atoms with Crippen molar-refractivity contribution in [3.05, 3.63) is 53.1 Å². The zero-order valence-electron chi connectivity index (χ0n) is 17.3. The van der Waals surface area contributed by atoms with Gasteiger partial charge >= 0.3 is 0 Å². The van der Waals surface area contributed by atoms with Gasteiger partial charge in [-0.2, -0.15) is 4.31 Å². The van der Waals surface area contributed by atoms with Crippen molar-refractivity contribution in [2.75, 3.05) is 11.3 Å². The maximum atomic E-state index is 12.9. The van der Waals surface area contributed by atoms with Crippen LogP contribution in [0.2, 0.25) is 0 Å². The molecule has 1 fully saturated rings. The van der Waals surface area contributed by atoms with Gasteiger partial charge in [0.2, 0.25) is 10.0 Å². The SMILES string of the molecule is Cc1cc(C)c(S(=O)(=O)Nc2ccc(S(=O)(=O)N3CCCC[C@H]3C)cc2)c(C)c1. The quantitative estimate of drug-likeness (QED) is 0.769. The number of aryl methyl sites for hydroxylation is 3. The van der Waals surface area contributed by atoms with E-state index in [0.717, 1.165) is 24.8 Å². The molecule has 3 rings (SSSR count). The third kappa shape index (κ3) is 4.49. The third-order valence-electron chi connectivity index (χ3n) is 5.33. The Labute approximate surface area is 174 Å². The summed E-state index contributed by atoms with van der Waals surface area (Å²) in [5.74, 6) is 0. The lowest BCUT2D eigenvalue weighted by Crippen LogP contribution is -2.41. The molecule has 8 heteroatoms. The van der Waals surface area contributed by atoms with E-state index in [1.54, 1.807) is 13.8 Å². The van der Waals surface area contributed by atoms with Crippen molar-refractivity contribution in [2.45, 2.75) is 62.8 Å². The Hall–Kier alpha value is -1.90. The van der Waals surface area contributed by atoms with Crippen LogP contribution in [0.1, 0.15) is 42.9 Å². The van der Waals surface area contributed by atoms with Crippen molar-refractivity contribution in [3.8, 4) is 0 Å². The van der Waals surface area contributed by atoms with E-state index in [-0.39, 0.29) is 15.8 Å². The Kier molecular flexibility index (Phi) is 6.08. The molecule has 2 aromatic carbocycles. The molecule has 0 radical (unpaired) electrons. The lowest BCUT2D eigenvalue weighted by atomic mass is 10.1. The molecule has 1 aliphatic rings. The zero-order chi connectivity index (χ0) is 21.4. The average Bonchev–Trinajstić information content (AvgIpc) is 2.60. The molecule has 0 aliphatic carbocycles. The first kappa shape index (κ1) is 21.8. The van der Waals surface area contributed by atoms with Crippen LogP contribution in [0, 0.1) is 20.8 Å². The van der Waals surface area contributed by atoms with Gasteiger partial charge in [0, 0.05) is 18.3 Å². The number of piperidine rings is 1. The number of anilines is 1. The molecule has 0 spiro atoms. The average molecular weight is 437 g/mol. The van der Waals surface area contributed by atoms with Crippen LogP contribution in [0.25, 0.3) is 0 Å². The van der Waals surface area contributed by atoms with Crippen LogP contribution < -0.4 is 4.72 Å². The molecule has 1 aliphatic heterocycles. The number of hydrogen-bond acceptors (Lipinski definition) is 4. The Morgan fingerprint density at radius 3 is 2.07 bits per heavy atom. The predicted molar refractivity (Wildman–Crippen MR) is 115 cm³/mol. The highest BCUT2D eigenvalue weighted by molar-refractivity contribution is 7.92. The second kappa shape index (κ2) is 8.08. The number of sulfonamides is 2. The second-order valence-corrected chi connectivity index (χ2v) is 11.3. The molecule has 1 saturated heterocycles. The summed E-state index contributed by atoms with van der Waals surface area (Å²) in [6.45, 7) is 7.90. The molecular formula is C21H28N2O4S2. The van der Waals surface area contributed by atoms with Gasteiger partial charge in [-0.15, -0.1) is 0 Å². The normalized spacial score (nSPS) is 18.6. The smallest absolute Gasteiger partial charge is 0.262 e. The molecule has 29 heavy (non-hydrogen) atoms. The van der Waals surface area contributed by atoms with E-state index >= 15 is 0 Å². The van der Waals surface area contributed by atoms with Crippen molar-refractivity contribution in [1.29, 1.82) is 0 Å². The maximum absolute atomic E-state index is 12.9.